The zero-order valence-corrected chi connectivity index (χ0v) is 11.6. The van der Waals surface area contributed by atoms with Crippen LogP contribution in [0.5, 0.6) is 0 Å². The fourth-order valence-electron chi connectivity index (χ4n) is 2.83. The highest BCUT2D eigenvalue weighted by atomic mass is 16.3. The van der Waals surface area contributed by atoms with Crippen molar-refractivity contribution in [1.29, 1.82) is 5.26 Å². The molecule has 1 rings (SSSR count). The third-order valence-corrected chi connectivity index (χ3v) is 3.94. The van der Waals surface area contributed by atoms with Crippen LogP contribution in [0.3, 0.4) is 0 Å². The maximum absolute atomic E-state index is 10.4. The van der Waals surface area contributed by atoms with Crippen LogP contribution in [-0.2, 0) is 5.41 Å². The minimum atomic E-state index is -0.324. The predicted molar refractivity (Wildman–Crippen MR) is 74.3 cm³/mol. The van der Waals surface area contributed by atoms with Crippen molar-refractivity contribution < 1.29 is 5.11 Å². The number of aliphatic hydroxyl groups excluding tert-OH is 1. The average molecular weight is 245 g/mol. The standard InChI is InChI=1S/C16H23NO/c1-4-11-16(6-3,15(18)5-2)14-9-7-13(12-17)8-10-14/h7-10,15,18H,4-6,11H2,1-3H3. The van der Waals surface area contributed by atoms with Crippen LogP contribution in [0.15, 0.2) is 24.3 Å². The molecule has 0 aliphatic carbocycles. The van der Waals surface area contributed by atoms with Crippen molar-refractivity contribution in [3.8, 4) is 6.07 Å². The molecule has 2 atom stereocenters. The third-order valence-electron chi connectivity index (χ3n) is 3.94. The number of benzene rings is 1. The molecule has 1 N–H and O–H groups in total. The molecule has 0 fully saturated rings. The molecule has 2 nitrogen and oxygen atoms in total. The van der Waals surface area contributed by atoms with Crippen LogP contribution >= 0.6 is 0 Å². The first-order valence-electron chi connectivity index (χ1n) is 6.83. The van der Waals surface area contributed by atoms with Gasteiger partial charge in [-0.25, -0.2) is 0 Å². The minimum absolute atomic E-state index is 0.169. The van der Waals surface area contributed by atoms with Crippen molar-refractivity contribution in [1.82, 2.24) is 0 Å². The molecule has 0 radical (unpaired) electrons. The van der Waals surface area contributed by atoms with Crippen molar-refractivity contribution in [3.05, 3.63) is 35.4 Å². The van der Waals surface area contributed by atoms with Crippen LogP contribution in [0.4, 0.5) is 0 Å². The van der Waals surface area contributed by atoms with Crippen LogP contribution < -0.4 is 0 Å². The Kier molecular flexibility index (Phi) is 5.37. The van der Waals surface area contributed by atoms with Crippen molar-refractivity contribution in [2.45, 2.75) is 58.0 Å². The maximum Gasteiger partial charge on any atom is 0.0991 e. The Morgan fingerprint density at radius 2 is 1.83 bits per heavy atom. The molecule has 18 heavy (non-hydrogen) atoms. The molecule has 1 aromatic rings. The Hall–Kier alpha value is -1.33. The zero-order valence-electron chi connectivity index (χ0n) is 11.6. The number of nitrogens with zero attached hydrogens (tertiary/aromatic N) is 1. The zero-order chi connectivity index (χ0) is 13.6. The van der Waals surface area contributed by atoms with E-state index in [-0.39, 0.29) is 11.5 Å². The van der Waals surface area contributed by atoms with Gasteiger partial charge in [0.25, 0.3) is 0 Å². The third kappa shape index (κ3) is 2.73. The molecule has 0 saturated heterocycles. The molecule has 2 unspecified atom stereocenters. The van der Waals surface area contributed by atoms with Gasteiger partial charge in [0.15, 0.2) is 0 Å². The van der Waals surface area contributed by atoms with Gasteiger partial charge in [0, 0.05) is 5.41 Å². The molecule has 0 aliphatic rings. The number of rotatable bonds is 6. The lowest BCUT2D eigenvalue weighted by atomic mass is 9.69. The molecule has 0 aliphatic heterocycles. The second kappa shape index (κ2) is 6.56. The summed E-state index contributed by atoms with van der Waals surface area (Å²) in [5, 5.41) is 19.3. The van der Waals surface area contributed by atoms with Gasteiger partial charge in [0.2, 0.25) is 0 Å². The Balaban J connectivity index is 3.19. The van der Waals surface area contributed by atoms with E-state index in [1.165, 1.54) is 0 Å². The van der Waals surface area contributed by atoms with E-state index in [2.05, 4.69) is 19.9 Å². The van der Waals surface area contributed by atoms with E-state index in [4.69, 9.17) is 5.26 Å². The Morgan fingerprint density at radius 1 is 1.22 bits per heavy atom. The SMILES string of the molecule is CCCC(CC)(c1ccc(C#N)cc1)C(O)CC. The van der Waals surface area contributed by atoms with E-state index in [9.17, 15) is 5.11 Å². The van der Waals surface area contributed by atoms with Crippen molar-refractivity contribution in [2.75, 3.05) is 0 Å². The lowest BCUT2D eigenvalue weighted by Gasteiger charge is -2.37. The van der Waals surface area contributed by atoms with E-state index >= 15 is 0 Å². The summed E-state index contributed by atoms with van der Waals surface area (Å²) < 4.78 is 0. The van der Waals surface area contributed by atoms with E-state index in [1.54, 1.807) is 0 Å². The summed E-state index contributed by atoms with van der Waals surface area (Å²) >= 11 is 0. The Bertz CT molecular complexity index is 404. The van der Waals surface area contributed by atoms with Gasteiger partial charge in [0.1, 0.15) is 0 Å². The summed E-state index contributed by atoms with van der Waals surface area (Å²) in [5.74, 6) is 0. The first-order chi connectivity index (χ1) is 8.64. The lowest BCUT2D eigenvalue weighted by molar-refractivity contribution is 0.0662. The number of nitriles is 1. The van der Waals surface area contributed by atoms with Crippen LogP contribution in [0, 0.1) is 11.3 Å². The summed E-state index contributed by atoms with van der Waals surface area (Å²) in [6, 6.07) is 9.82. The smallest absolute Gasteiger partial charge is 0.0991 e. The minimum Gasteiger partial charge on any atom is -0.392 e. The first kappa shape index (κ1) is 14.7. The Morgan fingerprint density at radius 3 is 2.22 bits per heavy atom. The van der Waals surface area contributed by atoms with Crippen molar-refractivity contribution in [3.63, 3.8) is 0 Å². The maximum atomic E-state index is 10.4. The van der Waals surface area contributed by atoms with Gasteiger partial charge in [-0.05, 0) is 37.0 Å². The molecule has 0 aromatic heterocycles. The highest BCUT2D eigenvalue weighted by Gasteiger charge is 2.35. The summed E-state index contributed by atoms with van der Waals surface area (Å²) in [6.07, 6.45) is 3.38. The molecular weight excluding hydrogens is 222 g/mol. The van der Waals surface area contributed by atoms with Gasteiger partial charge in [-0.15, -0.1) is 0 Å². The van der Waals surface area contributed by atoms with Gasteiger partial charge in [-0.3, -0.25) is 0 Å². The average Bonchev–Trinajstić information content (AvgIpc) is 2.44. The monoisotopic (exact) mass is 245 g/mol. The summed E-state index contributed by atoms with van der Waals surface area (Å²) in [7, 11) is 0. The molecule has 2 heteroatoms. The van der Waals surface area contributed by atoms with Gasteiger partial charge in [-0.2, -0.15) is 5.26 Å². The normalized spacial score (nSPS) is 15.7. The van der Waals surface area contributed by atoms with Gasteiger partial charge < -0.3 is 5.11 Å². The second-order valence-corrected chi connectivity index (χ2v) is 4.87. The molecule has 0 saturated carbocycles. The van der Waals surface area contributed by atoms with Gasteiger partial charge in [0.05, 0.1) is 17.7 Å². The topological polar surface area (TPSA) is 44.0 Å². The number of hydrogen-bond donors (Lipinski definition) is 1. The molecule has 0 spiro atoms. The van der Waals surface area contributed by atoms with E-state index in [1.807, 2.05) is 31.2 Å². The van der Waals surface area contributed by atoms with Crippen molar-refractivity contribution in [2.24, 2.45) is 0 Å². The fourth-order valence-corrected chi connectivity index (χ4v) is 2.83. The quantitative estimate of drug-likeness (QED) is 0.829. The predicted octanol–water partition coefficient (Wildman–Crippen LogP) is 3.78. The summed E-state index contributed by atoms with van der Waals surface area (Å²) in [5.41, 5.74) is 1.66. The van der Waals surface area contributed by atoms with E-state index < -0.39 is 0 Å². The lowest BCUT2D eigenvalue weighted by Crippen LogP contribution is -2.38. The number of aliphatic hydroxyl groups is 1. The first-order valence-corrected chi connectivity index (χ1v) is 6.83. The van der Waals surface area contributed by atoms with Gasteiger partial charge >= 0.3 is 0 Å². The highest BCUT2D eigenvalue weighted by molar-refractivity contribution is 5.36. The van der Waals surface area contributed by atoms with Gasteiger partial charge in [-0.1, -0.05) is 39.3 Å². The molecule has 98 valence electrons. The second-order valence-electron chi connectivity index (χ2n) is 4.87. The van der Waals surface area contributed by atoms with Crippen LogP contribution in [0.2, 0.25) is 0 Å². The molecule has 0 heterocycles. The molecular formula is C16H23NO. The number of hydrogen-bond acceptors (Lipinski definition) is 2. The summed E-state index contributed by atoms with van der Waals surface area (Å²) in [6.45, 7) is 6.30. The van der Waals surface area contributed by atoms with Crippen LogP contribution in [0.1, 0.15) is 57.6 Å². The van der Waals surface area contributed by atoms with E-state index in [0.717, 1.165) is 31.2 Å². The highest BCUT2D eigenvalue weighted by Crippen LogP contribution is 2.37. The van der Waals surface area contributed by atoms with Crippen LogP contribution in [-0.4, -0.2) is 11.2 Å². The molecule has 1 aromatic carbocycles. The summed E-state index contributed by atoms with van der Waals surface area (Å²) in [4.78, 5) is 0. The van der Waals surface area contributed by atoms with Crippen LogP contribution in [0.25, 0.3) is 0 Å². The molecule has 0 bridgehead atoms. The van der Waals surface area contributed by atoms with Crippen molar-refractivity contribution >= 4 is 0 Å². The fraction of sp³-hybridized carbons (Fsp3) is 0.562. The van der Waals surface area contributed by atoms with E-state index in [0.29, 0.717) is 5.56 Å². The Labute approximate surface area is 110 Å². The largest absolute Gasteiger partial charge is 0.392 e. The molecule has 0 amide bonds.